The zero-order valence-electron chi connectivity index (χ0n) is 16.0. The highest BCUT2D eigenvalue weighted by molar-refractivity contribution is 14.0. The van der Waals surface area contributed by atoms with Gasteiger partial charge in [-0.1, -0.05) is 0 Å². The molecule has 2 fully saturated rings. The van der Waals surface area contributed by atoms with Gasteiger partial charge in [-0.3, -0.25) is 4.99 Å². The molecule has 2 aliphatic rings. The first-order chi connectivity index (χ1) is 12.7. The lowest BCUT2D eigenvalue weighted by molar-refractivity contribution is -0.0494. The minimum Gasteiger partial charge on any atom is -0.381 e. The predicted molar refractivity (Wildman–Crippen MR) is 112 cm³/mol. The highest BCUT2D eigenvalue weighted by Crippen LogP contribution is 2.29. The summed E-state index contributed by atoms with van der Waals surface area (Å²) in [6.45, 7) is 4.33. The second-order valence-corrected chi connectivity index (χ2v) is 8.83. The molecule has 1 saturated carbocycles. The smallest absolute Gasteiger partial charge is 0.381 e. The number of aliphatic imine (C=N–C) groups is 1. The summed E-state index contributed by atoms with van der Waals surface area (Å²) in [5.41, 5.74) is -5.24. The Morgan fingerprint density at radius 2 is 1.86 bits per heavy atom. The van der Waals surface area contributed by atoms with Crippen molar-refractivity contribution in [2.45, 2.75) is 50.6 Å². The summed E-state index contributed by atoms with van der Waals surface area (Å²) >= 11 is 0. The van der Waals surface area contributed by atoms with Crippen molar-refractivity contribution < 1.29 is 26.3 Å². The molecule has 0 amide bonds. The molecule has 0 atom stereocenters. The van der Waals surface area contributed by atoms with Crippen molar-refractivity contribution in [3.63, 3.8) is 0 Å². The highest BCUT2D eigenvalue weighted by atomic mass is 127. The van der Waals surface area contributed by atoms with Crippen molar-refractivity contribution in [2.24, 2.45) is 10.9 Å². The molecule has 1 heterocycles. The SMILES string of the molecule is CCNC(=NCCCOCC1CC1)NC1CCN(S(=O)(=O)C(F)(F)F)CC1.I. The molecular weight excluding hydrogens is 512 g/mol. The third kappa shape index (κ3) is 8.19. The second kappa shape index (κ2) is 11.7. The Morgan fingerprint density at radius 1 is 1.21 bits per heavy atom. The van der Waals surface area contributed by atoms with Crippen LogP contribution in [0.2, 0.25) is 0 Å². The number of sulfonamides is 1. The van der Waals surface area contributed by atoms with Gasteiger partial charge in [-0.2, -0.15) is 17.5 Å². The van der Waals surface area contributed by atoms with E-state index in [0.29, 0.717) is 42.8 Å². The summed E-state index contributed by atoms with van der Waals surface area (Å²) in [6, 6.07) is -0.117. The molecule has 0 aromatic heterocycles. The number of nitrogens with one attached hydrogen (secondary N) is 2. The van der Waals surface area contributed by atoms with Crippen molar-refractivity contribution in [1.29, 1.82) is 0 Å². The van der Waals surface area contributed by atoms with E-state index >= 15 is 0 Å². The molecule has 1 saturated heterocycles. The fourth-order valence-corrected chi connectivity index (χ4v) is 3.78. The van der Waals surface area contributed by atoms with Crippen LogP contribution in [0.5, 0.6) is 0 Å². The Balaban J connectivity index is 0.00000392. The van der Waals surface area contributed by atoms with E-state index in [1.807, 2.05) is 6.92 Å². The van der Waals surface area contributed by atoms with Crippen molar-refractivity contribution in [3.8, 4) is 0 Å². The molecule has 7 nitrogen and oxygen atoms in total. The van der Waals surface area contributed by atoms with Crippen molar-refractivity contribution >= 4 is 40.0 Å². The Labute approximate surface area is 181 Å². The molecule has 166 valence electrons. The zero-order chi connectivity index (χ0) is 19.9. The van der Waals surface area contributed by atoms with E-state index in [0.717, 1.165) is 18.9 Å². The first-order valence-corrected chi connectivity index (χ1v) is 10.9. The molecule has 2 N–H and O–H groups in total. The quantitative estimate of drug-likeness (QED) is 0.202. The maximum Gasteiger partial charge on any atom is 0.511 e. The summed E-state index contributed by atoms with van der Waals surface area (Å²) in [6.07, 6.45) is 3.91. The average Bonchev–Trinajstić information content (AvgIpc) is 3.42. The van der Waals surface area contributed by atoms with E-state index in [2.05, 4.69) is 15.6 Å². The molecule has 12 heteroatoms. The van der Waals surface area contributed by atoms with E-state index in [1.165, 1.54) is 12.8 Å². The lowest BCUT2D eigenvalue weighted by Crippen LogP contribution is -2.51. The van der Waals surface area contributed by atoms with Gasteiger partial charge in [0.2, 0.25) is 0 Å². The normalized spacial score (nSPS) is 19.9. The Bertz CT molecular complexity index is 592. The molecule has 0 unspecified atom stereocenters. The number of alkyl halides is 3. The second-order valence-electron chi connectivity index (χ2n) is 6.90. The van der Waals surface area contributed by atoms with Crippen molar-refractivity contribution in [3.05, 3.63) is 0 Å². The zero-order valence-corrected chi connectivity index (χ0v) is 19.1. The van der Waals surface area contributed by atoms with Crippen LogP contribution in [0.25, 0.3) is 0 Å². The third-order valence-electron chi connectivity index (χ3n) is 4.54. The van der Waals surface area contributed by atoms with E-state index in [4.69, 9.17) is 4.74 Å². The number of guanidine groups is 1. The number of nitrogens with zero attached hydrogens (tertiary/aromatic N) is 2. The topological polar surface area (TPSA) is 83.0 Å². The first kappa shape index (κ1) is 25.7. The molecule has 28 heavy (non-hydrogen) atoms. The standard InChI is InChI=1S/C16H29F3N4O3S.HI/c1-2-20-15(21-8-3-11-26-12-13-4-5-13)22-14-6-9-23(10-7-14)27(24,25)16(17,18)19;/h13-14H,2-12H2,1H3,(H2,20,21,22);1H. The van der Waals surface area contributed by atoms with Crippen LogP contribution in [0.4, 0.5) is 13.2 Å². The third-order valence-corrected chi connectivity index (χ3v) is 6.17. The van der Waals surface area contributed by atoms with Crippen LogP contribution in [-0.2, 0) is 14.8 Å². The van der Waals surface area contributed by atoms with Gasteiger partial charge in [0, 0.05) is 45.4 Å². The van der Waals surface area contributed by atoms with E-state index < -0.39 is 15.5 Å². The Hall–Kier alpha value is -0.340. The molecule has 1 aliphatic heterocycles. The van der Waals surface area contributed by atoms with Crippen LogP contribution < -0.4 is 10.6 Å². The van der Waals surface area contributed by atoms with E-state index in [1.54, 1.807) is 0 Å². The minimum absolute atomic E-state index is 0. The van der Waals surface area contributed by atoms with Gasteiger partial charge in [0.1, 0.15) is 0 Å². The number of rotatable bonds is 9. The fraction of sp³-hybridized carbons (Fsp3) is 0.938. The molecule has 0 radical (unpaired) electrons. The lowest BCUT2D eigenvalue weighted by Gasteiger charge is -2.32. The number of halogens is 4. The molecule has 0 bridgehead atoms. The molecule has 1 aliphatic carbocycles. The molecule has 0 spiro atoms. The van der Waals surface area contributed by atoms with Gasteiger partial charge in [-0.15, -0.1) is 24.0 Å². The molecule has 2 rings (SSSR count). The monoisotopic (exact) mass is 542 g/mol. The Morgan fingerprint density at radius 3 is 2.39 bits per heavy atom. The summed E-state index contributed by atoms with van der Waals surface area (Å²) in [5, 5.41) is 6.28. The number of piperidine rings is 1. The number of hydrogen-bond acceptors (Lipinski definition) is 4. The summed E-state index contributed by atoms with van der Waals surface area (Å²) < 4.78 is 66.8. The van der Waals surface area contributed by atoms with Gasteiger partial charge in [-0.05, 0) is 44.9 Å². The van der Waals surface area contributed by atoms with E-state index in [-0.39, 0.29) is 43.1 Å². The average molecular weight is 542 g/mol. The van der Waals surface area contributed by atoms with Gasteiger partial charge in [0.25, 0.3) is 0 Å². The summed E-state index contributed by atoms with van der Waals surface area (Å²) in [7, 11) is -5.24. The number of ether oxygens (including phenoxy) is 1. The maximum atomic E-state index is 12.6. The van der Waals surface area contributed by atoms with E-state index in [9.17, 15) is 21.6 Å². The van der Waals surface area contributed by atoms with Crippen molar-refractivity contribution in [2.75, 3.05) is 39.4 Å². The minimum atomic E-state index is -5.24. The van der Waals surface area contributed by atoms with Crippen LogP contribution in [0.15, 0.2) is 4.99 Å². The number of hydrogen-bond donors (Lipinski definition) is 2. The predicted octanol–water partition coefficient (Wildman–Crippen LogP) is 2.29. The van der Waals surface area contributed by atoms with Gasteiger partial charge >= 0.3 is 15.5 Å². The molecule has 0 aromatic rings. The largest absolute Gasteiger partial charge is 0.511 e. The fourth-order valence-electron chi connectivity index (χ4n) is 2.79. The van der Waals surface area contributed by atoms with Crippen molar-refractivity contribution in [1.82, 2.24) is 14.9 Å². The summed E-state index contributed by atoms with van der Waals surface area (Å²) in [5.74, 6) is 1.33. The molecular formula is C16H30F3IN4O3S. The highest BCUT2D eigenvalue weighted by Gasteiger charge is 2.50. The van der Waals surface area contributed by atoms with Crippen LogP contribution >= 0.6 is 24.0 Å². The van der Waals surface area contributed by atoms with Crippen LogP contribution in [0, 0.1) is 5.92 Å². The van der Waals surface area contributed by atoms with Gasteiger partial charge < -0.3 is 15.4 Å². The lowest BCUT2D eigenvalue weighted by atomic mass is 10.1. The maximum absolute atomic E-state index is 12.6. The Kier molecular flexibility index (Phi) is 10.8. The first-order valence-electron chi connectivity index (χ1n) is 9.43. The van der Waals surface area contributed by atoms with Crippen LogP contribution in [-0.4, -0.2) is 69.6 Å². The van der Waals surface area contributed by atoms with Gasteiger partial charge in [0.05, 0.1) is 0 Å². The van der Waals surface area contributed by atoms with Gasteiger partial charge in [-0.25, -0.2) is 8.42 Å². The summed E-state index contributed by atoms with van der Waals surface area (Å²) in [4.78, 5) is 4.45. The van der Waals surface area contributed by atoms with Crippen LogP contribution in [0.1, 0.15) is 39.0 Å². The molecule has 0 aromatic carbocycles. The van der Waals surface area contributed by atoms with Crippen LogP contribution in [0.3, 0.4) is 0 Å². The van der Waals surface area contributed by atoms with Gasteiger partial charge in [0.15, 0.2) is 5.96 Å².